The number of ether oxygens (including phenoxy) is 1. The van der Waals surface area contributed by atoms with Crippen molar-refractivity contribution in [1.29, 1.82) is 0 Å². The van der Waals surface area contributed by atoms with E-state index in [0.717, 1.165) is 0 Å². The summed E-state index contributed by atoms with van der Waals surface area (Å²) in [6.07, 6.45) is 9.76. The minimum absolute atomic E-state index is 0.511. The van der Waals surface area contributed by atoms with E-state index >= 15 is 0 Å². The topological polar surface area (TPSA) is 27.1 Å². The molecule has 1 aromatic heterocycles. The number of nitrogens with zero attached hydrogens (tertiary/aromatic N) is 2. The van der Waals surface area contributed by atoms with E-state index in [-0.39, 0.29) is 0 Å². The summed E-state index contributed by atoms with van der Waals surface area (Å²) in [7, 11) is 0. The van der Waals surface area contributed by atoms with Gasteiger partial charge in [0.05, 0.1) is 12.4 Å². The Kier molecular flexibility index (Phi) is 1.90. The largest absolute Gasteiger partial charge is 0.358 e. The fourth-order valence-electron chi connectivity index (χ4n) is 1.09. The molecule has 1 heterocycles. The standard InChI is InChI=1S/C8H12N2O/c1-2-8(3-1)11-7-10-5-4-9-6-10/h4-6,8H,1-3,7H2. The summed E-state index contributed by atoms with van der Waals surface area (Å²) in [5, 5.41) is 0. The average Bonchev–Trinajstić information content (AvgIpc) is 2.36. The Morgan fingerprint density at radius 2 is 2.45 bits per heavy atom. The molecule has 1 aliphatic rings. The molecule has 2 rings (SSSR count). The SMILES string of the molecule is c1cn(COC2CCC2)cn1. The van der Waals surface area contributed by atoms with E-state index in [2.05, 4.69) is 4.98 Å². The van der Waals surface area contributed by atoms with E-state index in [9.17, 15) is 0 Å². The van der Waals surface area contributed by atoms with E-state index in [0.29, 0.717) is 12.8 Å². The molecule has 3 heteroatoms. The summed E-state index contributed by atoms with van der Waals surface area (Å²) in [4.78, 5) is 3.93. The smallest absolute Gasteiger partial charge is 0.124 e. The highest BCUT2D eigenvalue weighted by Crippen LogP contribution is 2.21. The Morgan fingerprint density at radius 1 is 1.55 bits per heavy atom. The molecule has 1 saturated carbocycles. The van der Waals surface area contributed by atoms with E-state index in [4.69, 9.17) is 4.74 Å². The molecular formula is C8H12N2O. The Bertz CT molecular complexity index is 204. The van der Waals surface area contributed by atoms with Gasteiger partial charge in [0.15, 0.2) is 0 Å². The van der Waals surface area contributed by atoms with E-state index < -0.39 is 0 Å². The van der Waals surface area contributed by atoms with Crippen LogP contribution in [-0.2, 0) is 11.5 Å². The van der Waals surface area contributed by atoms with Gasteiger partial charge in [0.25, 0.3) is 0 Å². The minimum Gasteiger partial charge on any atom is -0.358 e. The first-order valence-corrected chi connectivity index (χ1v) is 4.02. The first-order chi connectivity index (χ1) is 5.45. The van der Waals surface area contributed by atoms with Crippen molar-refractivity contribution in [3.63, 3.8) is 0 Å². The van der Waals surface area contributed by atoms with Gasteiger partial charge in [0.2, 0.25) is 0 Å². The van der Waals surface area contributed by atoms with Crippen LogP contribution in [-0.4, -0.2) is 15.7 Å². The van der Waals surface area contributed by atoms with Gasteiger partial charge in [-0.15, -0.1) is 0 Å². The first-order valence-electron chi connectivity index (χ1n) is 4.02. The van der Waals surface area contributed by atoms with E-state index in [1.807, 2.05) is 10.8 Å². The number of hydrogen-bond acceptors (Lipinski definition) is 2. The van der Waals surface area contributed by atoms with Crippen LogP contribution in [0.3, 0.4) is 0 Å². The first kappa shape index (κ1) is 6.85. The Labute approximate surface area is 66.0 Å². The second-order valence-corrected chi connectivity index (χ2v) is 2.93. The molecule has 0 radical (unpaired) electrons. The van der Waals surface area contributed by atoms with Gasteiger partial charge in [-0.25, -0.2) is 4.98 Å². The van der Waals surface area contributed by atoms with Gasteiger partial charge < -0.3 is 9.30 Å². The van der Waals surface area contributed by atoms with Crippen molar-refractivity contribution in [3.05, 3.63) is 18.7 Å². The minimum atomic E-state index is 0.511. The summed E-state index contributed by atoms with van der Waals surface area (Å²) in [5.41, 5.74) is 0. The van der Waals surface area contributed by atoms with Gasteiger partial charge in [-0.1, -0.05) is 0 Å². The maximum Gasteiger partial charge on any atom is 0.124 e. The summed E-state index contributed by atoms with van der Waals surface area (Å²) in [5.74, 6) is 0. The monoisotopic (exact) mass is 152 g/mol. The Hall–Kier alpha value is -0.830. The van der Waals surface area contributed by atoms with Gasteiger partial charge in [-0.2, -0.15) is 0 Å². The lowest BCUT2D eigenvalue weighted by atomic mass is 9.96. The van der Waals surface area contributed by atoms with Crippen LogP contribution in [0.4, 0.5) is 0 Å². The predicted octanol–water partition coefficient (Wildman–Crippen LogP) is 1.41. The van der Waals surface area contributed by atoms with Crippen LogP contribution >= 0.6 is 0 Å². The van der Waals surface area contributed by atoms with Crippen LogP contribution in [0, 0.1) is 0 Å². The third-order valence-corrected chi connectivity index (χ3v) is 2.07. The van der Waals surface area contributed by atoms with Crippen molar-refractivity contribution in [1.82, 2.24) is 9.55 Å². The summed E-state index contributed by atoms with van der Waals surface area (Å²) >= 11 is 0. The molecule has 60 valence electrons. The van der Waals surface area contributed by atoms with E-state index in [1.54, 1.807) is 12.5 Å². The van der Waals surface area contributed by atoms with Gasteiger partial charge in [-0.3, -0.25) is 0 Å². The highest BCUT2D eigenvalue weighted by Gasteiger charge is 2.17. The van der Waals surface area contributed by atoms with Crippen LogP contribution in [0.1, 0.15) is 19.3 Å². The lowest BCUT2D eigenvalue weighted by Crippen LogP contribution is -2.22. The number of rotatable bonds is 3. The maximum absolute atomic E-state index is 5.55. The van der Waals surface area contributed by atoms with Gasteiger partial charge in [0.1, 0.15) is 6.73 Å². The molecule has 0 amide bonds. The molecular weight excluding hydrogens is 140 g/mol. The third kappa shape index (κ3) is 1.60. The highest BCUT2D eigenvalue weighted by molar-refractivity contribution is 4.73. The third-order valence-electron chi connectivity index (χ3n) is 2.07. The fraction of sp³-hybridized carbons (Fsp3) is 0.625. The van der Waals surface area contributed by atoms with Crippen LogP contribution in [0.2, 0.25) is 0 Å². The van der Waals surface area contributed by atoms with Crippen molar-refractivity contribution in [2.75, 3.05) is 0 Å². The second kappa shape index (κ2) is 3.05. The lowest BCUT2D eigenvalue weighted by Gasteiger charge is -2.25. The van der Waals surface area contributed by atoms with Crippen LogP contribution < -0.4 is 0 Å². The molecule has 0 aromatic carbocycles. The van der Waals surface area contributed by atoms with Gasteiger partial charge in [0, 0.05) is 12.4 Å². The molecule has 3 nitrogen and oxygen atoms in total. The molecule has 0 atom stereocenters. The summed E-state index contributed by atoms with van der Waals surface area (Å²) < 4.78 is 7.49. The predicted molar refractivity (Wildman–Crippen MR) is 41.0 cm³/mol. The number of imidazole rings is 1. The molecule has 0 aliphatic heterocycles. The van der Waals surface area contributed by atoms with Crippen molar-refractivity contribution in [3.8, 4) is 0 Å². The van der Waals surface area contributed by atoms with Crippen LogP contribution in [0.15, 0.2) is 18.7 Å². The zero-order valence-electron chi connectivity index (χ0n) is 6.44. The molecule has 0 bridgehead atoms. The second-order valence-electron chi connectivity index (χ2n) is 2.93. The van der Waals surface area contributed by atoms with Crippen molar-refractivity contribution in [2.45, 2.75) is 32.1 Å². The average molecular weight is 152 g/mol. The van der Waals surface area contributed by atoms with Gasteiger partial charge >= 0.3 is 0 Å². The van der Waals surface area contributed by atoms with Crippen LogP contribution in [0.25, 0.3) is 0 Å². The van der Waals surface area contributed by atoms with Crippen molar-refractivity contribution < 1.29 is 4.74 Å². The normalized spacial score (nSPS) is 18.2. The molecule has 0 saturated heterocycles. The van der Waals surface area contributed by atoms with E-state index in [1.165, 1.54) is 19.3 Å². The summed E-state index contributed by atoms with van der Waals surface area (Å²) in [6.45, 7) is 0.657. The number of hydrogen-bond donors (Lipinski definition) is 0. The highest BCUT2D eigenvalue weighted by atomic mass is 16.5. The molecule has 0 spiro atoms. The van der Waals surface area contributed by atoms with Gasteiger partial charge in [-0.05, 0) is 19.3 Å². The lowest BCUT2D eigenvalue weighted by molar-refractivity contribution is -0.0354. The molecule has 1 aromatic rings. The van der Waals surface area contributed by atoms with Crippen molar-refractivity contribution in [2.24, 2.45) is 0 Å². The molecule has 11 heavy (non-hydrogen) atoms. The maximum atomic E-state index is 5.55. The molecule has 1 aliphatic carbocycles. The van der Waals surface area contributed by atoms with Crippen molar-refractivity contribution >= 4 is 0 Å². The zero-order chi connectivity index (χ0) is 7.52. The Morgan fingerprint density at radius 3 is 3.00 bits per heavy atom. The quantitative estimate of drug-likeness (QED) is 0.654. The molecule has 0 unspecified atom stereocenters. The number of aromatic nitrogens is 2. The van der Waals surface area contributed by atoms with Crippen LogP contribution in [0.5, 0.6) is 0 Å². The fourth-order valence-corrected chi connectivity index (χ4v) is 1.09. The Balaban J connectivity index is 1.74. The summed E-state index contributed by atoms with van der Waals surface area (Å²) in [6, 6.07) is 0. The molecule has 0 N–H and O–H groups in total. The zero-order valence-corrected chi connectivity index (χ0v) is 6.44. The molecule has 1 fully saturated rings.